The largest absolute Gasteiger partial charge is 0.355 e. The van der Waals surface area contributed by atoms with Crippen LogP contribution >= 0.6 is 0 Å². The summed E-state index contributed by atoms with van der Waals surface area (Å²) in [5.74, 6) is 0.337. The topological polar surface area (TPSA) is 61.0 Å². The summed E-state index contributed by atoms with van der Waals surface area (Å²) < 4.78 is 12.8. The molecule has 0 radical (unpaired) electrons. The van der Waals surface area contributed by atoms with Gasteiger partial charge in [-0.15, -0.1) is 0 Å². The van der Waals surface area contributed by atoms with Gasteiger partial charge in [-0.25, -0.2) is 4.39 Å². The highest BCUT2D eigenvalue weighted by Crippen LogP contribution is 2.25. The zero-order valence-corrected chi connectivity index (χ0v) is 13.7. The third kappa shape index (κ3) is 4.64. The van der Waals surface area contributed by atoms with Crippen LogP contribution in [0.15, 0.2) is 36.5 Å². The molecule has 5 nitrogen and oxygen atoms in total. The molecule has 1 fully saturated rings. The van der Waals surface area contributed by atoms with Crippen LogP contribution in [0, 0.1) is 5.82 Å². The van der Waals surface area contributed by atoms with Crippen molar-refractivity contribution in [2.45, 2.75) is 25.2 Å². The first kappa shape index (κ1) is 16.6. The Balaban J connectivity index is 1.34. The van der Waals surface area contributed by atoms with E-state index < -0.39 is 0 Å². The molecule has 2 heterocycles. The second-order valence-electron chi connectivity index (χ2n) is 6.29. The van der Waals surface area contributed by atoms with Crippen LogP contribution in [0.3, 0.4) is 0 Å². The maximum atomic E-state index is 12.8. The molecule has 0 spiro atoms. The molecule has 0 atom stereocenters. The van der Waals surface area contributed by atoms with Crippen LogP contribution in [0.4, 0.5) is 4.39 Å². The molecule has 1 aliphatic heterocycles. The van der Waals surface area contributed by atoms with E-state index in [0.717, 1.165) is 31.5 Å². The maximum Gasteiger partial charge on any atom is 0.234 e. The smallest absolute Gasteiger partial charge is 0.234 e. The fraction of sp³-hybridized carbons (Fsp3) is 0.444. The van der Waals surface area contributed by atoms with Crippen LogP contribution in [0.2, 0.25) is 0 Å². The molecule has 128 valence electrons. The molecule has 0 aliphatic carbocycles. The summed E-state index contributed by atoms with van der Waals surface area (Å²) >= 11 is 0. The van der Waals surface area contributed by atoms with E-state index in [2.05, 4.69) is 20.4 Å². The zero-order chi connectivity index (χ0) is 16.8. The second kappa shape index (κ2) is 8.06. The summed E-state index contributed by atoms with van der Waals surface area (Å²) in [6, 6.07) is 8.42. The molecule has 3 rings (SSSR count). The van der Waals surface area contributed by atoms with E-state index in [4.69, 9.17) is 0 Å². The van der Waals surface area contributed by atoms with E-state index in [9.17, 15) is 9.18 Å². The fourth-order valence-corrected chi connectivity index (χ4v) is 3.15. The summed E-state index contributed by atoms with van der Waals surface area (Å²) in [5, 5.41) is 9.98. The lowest BCUT2D eigenvalue weighted by atomic mass is 9.94. The highest BCUT2D eigenvalue weighted by molar-refractivity contribution is 5.78. The molecule has 6 heteroatoms. The quantitative estimate of drug-likeness (QED) is 0.852. The molecule has 0 bridgehead atoms. The van der Waals surface area contributed by atoms with Crippen LogP contribution in [-0.2, 0) is 11.2 Å². The number of likely N-dealkylation sites (tertiary alicyclic amines) is 1. The number of piperidine rings is 1. The average Bonchev–Trinajstić information content (AvgIpc) is 3.12. The number of nitrogens with zero attached hydrogens (tertiary/aromatic N) is 2. The van der Waals surface area contributed by atoms with Crippen molar-refractivity contribution in [2.24, 2.45) is 0 Å². The van der Waals surface area contributed by atoms with Crippen LogP contribution in [0.5, 0.6) is 0 Å². The summed E-state index contributed by atoms with van der Waals surface area (Å²) in [5.41, 5.74) is 2.22. The van der Waals surface area contributed by atoms with Crippen molar-refractivity contribution in [3.05, 3.63) is 53.6 Å². The molecule has 0 saturated carbocycles. The lowest BCUT2D eigenvalue weighted by Gasteiger charge is -2.30. The number of aromatic nitrogens is 2. The number of halogens is 1. The Morgan fingerprint density at radius 3 is 2.67 bits per heavy atom. The number of H-pyrrole nitrogens is 1. The van der Waals surface area contributed by atoms with Crippen LogP contribution in [0.25, 0.3) is 0 Å². The fourth-order valence-electron chi connectivity index (χ4n) is 3.15. The van der Waals surface area contributed by atoms with Crippen LogP contribution in [-0.4, -0.2) is 47.2 Å². The Morgan fingerprint density at radius 1 is 1.25 bits per heavy atom. The van der Waals surface area contributed by atoms with Gasteiger partial charge >= 0.3 is 0 Å². The minimum atomic E-state index is -0.235. The van der Waals surface area contributed by atoms with Crippen molar-refractivity contribution in [2.75, 3.05) is 26.2 Å². The summed E-state index contributed by atoms with van der Waals surface area (Å²) in [4.78, 5) is 14.2. The van der Waals surface area contributed by atoms with Crippen molar-refractivity contribution in [3.63, 3.8) is 0 Å². The van der Waals surface area contributed by atoms with E-state index >= 15 is 0 Å². The number of nitrogens with one attached hydrogen (secondary N) is 2. The zero-order valence-electron chi connectivity index (χ0n) is 13.7. The maximum absolute atomic E-state index is 12.8. The molecular formula is C18H23FN4O. The molecule has 2 N–H and O–H groups in total. The van der Waals surface area contributed by atoms with E-state index in [1.807, 2.05) is 6.07 Å². The number of aromatic amines is 1. The first-order valence-corrected chi connectivity index (χ1v) is 8.43. The molecule has 1 saturated heterocycles. The van der Waals surface area contributed by atoms with Gasteiger partial charge in [-0.05, 0) is 56.1 Å². The van der Waals surface area contributed by atoms with Gasteiger partial charge in [-0.3, -0.25) is 14.8 Å². The van der Waals surface area contributed by atoms with E-state index in [0.29, 0.717) is 25.4 Å². The third-order valence-electron chi connectivity index (χ3n) is 4.57. The Hall–Kier alpha value is -2.21. The van der Waals surface area contributed by atoms with Crippen LogP contribution < -0.4 is 5.32 Å². The van der Waals surface area contributed by atoms with Gasteiger partial charge in [-0.2, -0.15) is 5.10 Å². The number of rotatable bonds is 6. The van der Waals surface area contributed by atoms with E-state index in [-0.39, 0.29) is 11.7 Å². The predicted molar refractivity (Wildman–Crippen MR) is 90.1 cm³/mol. The first-order chi connectivity index (χ1) is 11.7. The molecule has 1 aromatic carbocycles. The van der Waals surface area contributed by atoms with Gasteiger partial charge in [0.2, 0.25) is 5.91 Å². The molecule has 1 aromatic heterocycles. The van der Waals surface area contributed by atoms with E-state index in [1.54, 1.807) is 18.3 Å². The normalized spacial score (nSPS) is 16.2. The summed E-state index contributed by atoms with van der Waals surface area (Å²) in [7, 11) is 0. The van der Waals surface area contributed by atoms with Gasteiger partial charge in [0.1, 0.15) is 5.82 Å². The summed E-state index contributed by atoms with van der Waals surface area (Å²) in [6.45, 7) is 2.87. The summed E-state index contributed by atoms with van der Waals surface area (Å²) in [6.07, 6.45) is 4.60. The van der Waals surface area contributed by atoms with Crippen molar-refractivity contribution in [1.82, 2.24) is 20.4 Å². The SMILES string of the molecule is O=C(CN1CCC(c2ccn[nH]2)CC1)NCCc1ccc(F)cc1. The molecule has 0 unspecified atom stereocenters. The van der Waals surface area contributed by atoms with Crippen molar-refractivity contribution < 1.29 is 9.18 Å². The number of amides is 1. The highest BCUT2D eigenvalue weighted by Gasteiger charge is 2.22. The Labute approximate surface area is 141 Å². The highest BCUT2D eigenvalue weighted by atomic mass is 19.1. The van der Waals surface area contributed by atoms with Gasteiger partial charge in [-0.1, -0.05) is 12.1 Å². The van der Waals surface area contributed by atoms with Gasteiger partial charge in [0, 0.05) is 24.4 Å². The molecular weight excluding hydrogens is 307 g/mol. The Bertz CT molecular complexity index is 634. The van der Waals surface area contributed by atoms with Gasteiger partial charge in [0.15, 0.2) is 0 Å². The minimum Gasteiger partial charge on any atom is -0.355 e. The van der Waals surface area contributed by atoms with Gasteiger partial charge in [0.05, 0.1) is 6.54 Å². The average molecular weight is 330 g/mol. The Morgan fingerprint density at radius 2 is 2.00 bits per heavy atom. The van der Waals surface area contributed by atoms with Gasteiger partial charge in [0.25, 0.3) is 0 Å². The van der Waals surface area contributed by atoms with Crippen LogP contribution in [0.1, 0.15) is 30.0 Å². The van der Waals surface area contributed by atoms with Crippen molar-refractivity contribution in [3.8, 4) is 0 Å². The third-order valence-corrected chi connectivity index (χ3v) is 4.57. The first-order valence-electron chi connectivity index (χ1n) is 8.43. The number of carbonyl (C=O) groups excluding carboxylic acids is 1. The number of hydrogen-bond acceptors (Lipinski definition) is 3. The minimum absolute atomic E-state index is 0.0529. The lowest BCUT2D eigenvalue weighted by Crippen LogP contribution is -2.41. The molecule has 2 aromatic rings. The predicted octanol–water partition coefficient (Wildman–Crippen LogP) is 2.09. The number of carbonyl (C=O) groups is 1. The Kier molecular flexibility index (Phi) is 5.59. The van der Waals surface area contributed by atoms with Gasteiger partial charge < -0.3 is 5.32 Å². The second-order valence-corrected chi connectivity index (χ2v) is 6.29. The van der Waals surface area contributed by atoms with Crippen molar-refractivity contribution >= 4 is 5.91 Å². The number of benzene rings is 1. The van der Waals surface area contributed by atoms with E-state index in [1.165, 1.54) is 17.8 Å². The van der Waals surface area contributed by atoms with Crippen molar-refractivity contribution in [1.29, 1.82) is 0 Å². The molecule has 24 heavy (non-hydrogen) atoms. The number of hydrogen-bond donors (Lipinski definition) is 2. The molecule has 1 aliphatic rings. The standard InChI is InChI=1S/C18H23FN4O/c19-16-3-1-14(2-4-16)5-9-20-18(24)13-23-11-7-15(8-12-23)17-6-10-21-22-17/h1-4,6,10,15H,5,7-9,11-13H2,(H,20,24)(H,21,22). The molecule has 1 amide bonds. The monoisotopic (exact) mass is 330 g/mol. The lowest BCUT2D eigenvalue weighted by molar-refractivity contribution is -0.122.